The second-order valence-corrected chi connectivity index (χ2v) is 20.8. The van der Waals surface area contributed by atoms with Crippen molar-refractivity contribution in [1.29, 1.82) is 0 Å². The number of nitrogens with one attached hydrogen (secondary N) is 2. The van der Waals surface area contributed by atoms with Crippen molar-refractivity contribution in [1.82, 2.24) is 0 Å². The first kappa shape index (κ1) is 39.1. The number of nitrogens with two attached hydrogens (primary N) is 2. The summed E-state index contributed by atoms with van der Waals surface area (Å²) in [4.78, 5) is 14.4. The minimum Gasteiger partial charge on any atom is -0.478 e. The summed E-state index contributed by atoms with van der Waals surface area (Å²) in [5.41, 5.74) is 21.4. The van der Waals surface area contributed by atoms with Crippen molar-refractivity contribution < 1.29 is 18.3 Å². The highest BCUT2D eigenvalue weighted by Crippen LogP contribution is 3.00. The standard InChI is InChI=1S/C47H48Cl2N4O4S2/c1-21-24(6-4-8-39(21)52-43(22(2)58)32-19-27(48)10-12-37(32)50)14-34-30-15-25-17-35-36-18-26-16-31(30)42(47(26,36)46(25,34)35)29-7-5-9-40(41(29)45(54)55)53-44(23(3)59(56)57)33-20-28(49)11-13-38(33)51/h4-13,19-20,25-26,30-31,34-36,42,52-53,58-59H,14-18,50-51H2,1-3H3,(H,54,55)/b43-22-,44-23-/t25?,26?,30?,31?,34?,35?,36?,42-,46?,47?/m1/s1. The van der Waals surface area contributed by atoms with Gasteiger partial charge in [-0.1, -0.05) is 47.5 Å². The van der Waals surface area contributed by atoms with Gasteiger partial charge in [-0.2, -0.15) is 0 Å². The molecule has 0 amide bonds. The number of nitrogen functional groups attached to an aromatic ring is 2. The fourth-order valence-corrected chi connectivity index (χ4v) is 15.4. The van der Waals surface area contributed by atoms with Gasteiger partial charge in [-0.3, -0.25) is 0 Å². The van der Waals surface area contributed by atoms with Gasteiger partial charge in [-0.25, -0.2) is 13.2 Å². The highest BCUT2D eigenvalue weighted by Gasteiger charge is 2.94. The zero-order chi connectivity index (χ0) is 41.4. The molecule has 7 N–H and O–H groups in total. The lowest BCUT2D eigenvalue weighted by atomic mass is 9.16. The van der Waals surface area contributed by atoms with Crippen molar-refractivity contribution in [3.8, 4) is 0 Å². The third kappa shape index (κ3) is 5.21. The van der Waals surface area contributed by atoms with Crippen LogP contribution in [0.5, 0.6) is 0 Å². The van der Waals surface area contributed by atoms with Crippen LogP contribution in [0.3, 0.4) is 0 Å². The Labute approximate surface area is 362 Å². The van der Waals surface area contributed by atoms with Gasteiger partial charge in [0, 0.05) is 43.1 Å². The number of allylic oxidation sites excluding steroid dienone is 2. The molecule has 6 aliphatic carbocycles. The van der Waals surface area contributed by atoms with E-state index >= 15 is 0 Å². The molecule has 0 radical (unpaired) electrons. The van der Waals surface area contributed by atoms with Crippen molar-refractivity contribution in [3.05, 3.63) is 126 Å². The van der Waals surface area contributed by atoms with Gasteiger partial charge < -0.3 is 27.2 Å². The van der Waals surface area contributed by atoms with E-state index in [4.69, 9.17) is 47.3 Å². The maximum atomic E-state index is 13.6. The van der Waals surface area contributed by atoms with Gasteiger partial charge >= 0.3 is 5.97 Å². The van der Waals surface area contributed by atoms with Crippen molar-refractivity contribution in [3.63, 3.8) is 0 Å². The summed E-state index contributed by atoms with van der Waals surface area (Å²) in [5.74, 6) is 3.02. The molecule has 2 spiro atoms. The maximum Gasteiger partial charge on any atom is 0.338 e. The van der Waals surface area contributed by atoms with Gasteiger partial charge in [0.25, 0.3) is 0 Å². The number of hydrogen-bond donors (Lipinski definition) is 7. The van der Waals surface area contributed by atoms with Gasteiger partial charge in [-0.15, -0.1) is 12.6 Å². The van der Waals surface area contributed by atoms with E-state index in [0.717, 1.165) is 40.3 Å². The minimum atomic E-state index is -3.00. The number of hydrogen-bond acceptors (Lipinski definition) is 8. The molecular formula is C47H48Cl2N4O4S2. The molecular weight excluding hydrogens is 820 g/mol. The minimum absolute atomic E-state index is 0.0448. The molecule has 0 heterocycles. The fourth-order valence-electron chi connectivity index (χ4n) is 14.5. The molecule has 0 aromatic heterocycles. The lowest BCUT2D eigenvalue weighted by Gasteiger charge is -2.87. The fraction of sp³-hybridized carbons (Fsp3) is 0.383. The Morgan fingerprint density at radius 3 is 2.03 bits per heavy atom. The maximum absolute atomic E-state index is 13.6. The first-order chi connectivity index (χ1) is 28.2. The molecule has 4 aromatic carbocycles. The molecule has 306 valence electrons. The molecule has 59 heavy (non-hydrogen) atoms. The summed E-state index contributed by atoms with van der Waals surface area (Å²) in [5, 5.41) is 19.1. The molecule has 0 saturated heterocycles. The zero-order valence-corrected chi connectivity index (χ0v) is 36.4. The van der Waals surface area contributed by atoms with Crippen LogP contribution in [0, 0.1) is 59.2 Å². The van der Waals surface area contributed by atoms with E-state index in [1.54, 1.807) is 30.3 Å². The number of aromatic carboxylic acids is 1. The van der Waals surface area contributed by atoms with Crippen LogP contribution in [0.15, 0.2) is 82.6 Å². The summed E-state index contributed by atoms with van der Waals surface area (Å²) in [7, 11) is -3.00. The Bertz CT molecular complexity index is 2640. The van der Waals surface area contributed by atoms with Crippen LogP contribution in [0.25, 0.3) is 11.4 Å². The van der Waals surface area contributed by atoms with Crippen LogP contribution < -0.4 is 22.1 Å². The number of carboxylic acid groups (broad SMARTS) is 1. The predicted molar refractivity (Wildman–Crippen MR) is 242 cm³/mol. The average Bonchev–Trinajstić information content (AvgIpc) is 3.60. The van der Waals surface area contributed by atoms with Crippen LogP contribution >= 0.6 is 35.8 Å². The molecule has 10 rings (SSSR count). The Morgan fingerprint density at radius 2 is 1.39 bits per heavy atom. The molecule has 4 bridgehead atoms. The summed E-state index contributed by atoms with van der Waals surface area (Å²) in [6, 6.07) is 22.7. The van der Waals surface area contributed by atoms with Gasteiger partial charge in [0.05, 0.1) is 27.6 Å². The van der Waals surface area contributed by atoms with Crippen LogP contribution in [0.4, 0.5) is 22.7 Å². The Balaban J connectivity index is 1.03. The summed E-state index contributed by atoms with van der Waals surface area (Å²) in [6.07, 6.45) is 5.87. The number of halogens is 2. The number of carboxylic acids is 1. The molecule has 6 fully saturated rings. The number of thiol groups is 2. The quantitative estimate of drug-likeness (QED) is 0.0582. The molecule has 8 nitrogen and oxygen atoms in total. The lowest BCUT2D eigenvalue weighted by Crippen LogP contribution is -2.83. The summed E-state index contributed by atoms with van der Waals surface area (Å²) >= 11 is 17.5. The Morgan fingerprint density at radius 1 is 0.814 bits per heavy atom. The SMILES string of the molecule is C/C(S)=C(/Nc1cccc(CC2C3CC4CC5C6CC7CC3[C@@H](c3cccc(N/C(=C(/C)[SH](=O)=O)c8cc(Cl)ccc8N)c3C(=O)O)C76C425)c1C)c1cc(Cl)ccc1N. The Hall–Kier alpha value is -4.09. The van der Waals surface area contributed by atoms with Crippen molar-refractivity contribution in [2.45, 2.75) is 58.8 Å². The normalized spacial score (nSPS) is 32.3. The van der Waals surface area contributed by atoms with Crippen LogP contribution in [-0.4, -0.2) is 19.5 Å². The second kappa shape index (κ2) is 13.7. The van der Waals surface area contributed by atoms with E-state index in [0.29, 0.717) is 74.1 Å². The molecule has 6 saturated carbocycles. The van der Waals surface area contributed by atoms with E-state index < -0.39 is 16.7 Å². The van der Waals surface area contributed by atoms with Gasteiger partial charge in [0.15, 0.2) is 10.7 Å². The van der Waals surface area contributed by atoms with E-state index in [2.05, 4.69) is 41.8 Å². The first-order valence-corrected chi connectivity index (χ1v) is 22.9. The highest BCUT2D eigenvalue weighted by molar-refractivity contribution is 7.84. The van der Waals surface area contributed by atoms with Gasteiger partial charge in [-0.05, 0) is 176 Å². The molecule has 0 aliphatic heterocycles. The second-order valence-electron chi connectivity index (χ2n) is 18.1. The van der Waals surface area contributed by atoms with Crippen LogP contribution in [-0.2, 0) is 17.1 Å². The van der Waals surface area contributed by atoms with E-state index in [9.17, 15) is 18.3 Å². The van der Waals surface area contributed by atoms with Crippen LogP contribution in [0.1, 0.15) is 83.6 Å². The number of fused-ring (bicyclic) bond motifs is 4. The number of benzene rings is 4. The van der Waals surface area contributed by atoms with Gasteiger partial charge in [0.2, 0.25) is 0 Å². The summed E-state index contributed by atoms with van der Waals surface area (Å²) in [6.45, 7) is 5.65. The van der Waals surface area contributed by atoms with E-state index in [-0.39, 0.29) is 32.9 Å². The average molecular weight is 868 g/mol. The number of anilines is 4. The molecule has 6 aliphatic rings. The third-order valence-corrected chi connectivity index (χ3v) is 17.7. The number of rotatable bonds is 11. The zero-order valence-electron chi connectivity index (χ0n) is 33.1. The third-order valence-electron chi connectivity index (χ3n) is 16.2. The molecule has 12 heteroatoms. The van der Waals surface area contributed by atoms with Crippen molar-refractivity contribution in [2.24, 2.45) is 52.3 Å². The largest absolute Gasteiger partial charge is 0.478 e. The van der Waals surface area contributed by atoms with Crippen LogP contribution in [0.2, 0.25) is 10.0 Å². The van der Waals surface area contributed by atoms with Crippen molar-refractivity contribution in [2.75, 3.05) is 22.1 Å². The highest BCUT2D eigenvalue weighted by atomic mass is 35.5. The topological polar surface area (TPSA) is 148 Å². The summed E-state index contributed by atoms with van der Waals surface area (Å²) < 4.78 is 24.9. The Kier molecular flexibility index (Phi) is 9.08. The smallest absolute Gasteiger partial charge is 0.338 e. The first-order valence-electron chi connectivity index (χ1n) is 20.5. The van der Waals surface area contributed by atoms with Crippen molar-refractivity contribution >= 4 is 86.6 Å². The number of carbonyl (C=O) groups is 1. The van der Waals surface area contributed by atoms with E-state index in [1.807, 2.05) is 25.1 Å². The molecule has 4 aromatic rings. The predicted octanol–water partition coefficient (Wildman–Crippen LogP) is 10.6. The molecule has 10 atom stereocenters. The monoisotopic (exact) mass is 866 g/mol. The lowest BCUT2D eigenvalue weighted by molar-refractivity contribution is -0.396. The van der Waals surface area contributed by atoms with Gasteiger partial charge in [0.1, 0.15) is 0 Å². The molecule has 9 unspecified atom stereocenters. The van der Waals surface area contributed by atoms with E-state index in [1.165, 1.54) is 37.3 Å².